The Morgan fingerprint density at radius 1 is 1.44 bits per heavy atom. The minimum Gasteiger partial charge on any atom is -0.324 e. The Morgan fingerprint density at radius 3 is 3.17 bits per heavy atom. The fourth-order valence-corrected chi connectivity index (χ4v) is 2.77. The van der Waals surface area contributed by atoms with Crippen molar-refractivity contribution in [1.82, 2.24) is 9.78 Å². The van der Waals surface area contributed by atoms with Gasteiger partial charge in [0.15, 0.2) is 0 Å². The maximum atomic E-state index is 6.12. The number of hydrogen-bond donors (Lipinski definition) is 1. The van der Waals surface area contributed by atoms with E-state index in [0.717, 1.165) is 19.4 Å². The highest BCUT2D eigenvalue weighted by atomic mass is 15.3. The van der Waals surface area contributed by atoms with Crippen LogP contribution in [-0.2, 0) is 13.0 Å². The fraction of sp³-hybridized carbons (Fsp3) is 0.400. The molecule has 0 amide bonds. The average Bonchev–Trinajstić information content (AvgIpc) is 2.74. The molecule has 1 aromatic carbocycles. The van der Waals surface area contributed by atoms with E-state index in [1.54, 1.807) is 0 Å². The van der Waals surface area contributed by atoms with Crippen molar-refractivity contribution in [1.29, 1.82) is 0 Å². The van der Waals surface area contributed by atoms with Crippen LogP contribution in [0.15, 0.2) is 30.5 Å². The molecular formula is C15H19N3. The van der Waals surface area contributed by atoms with E-state index in [-0.39, 0.29) is 6.04 Å². The molecule has 94 valence electrons. The largest absolute Gasteiger partial charge is 0.324 e. The summed E-state index contributed by atoms with van der Waals surface area (Å²) < 4.78 is 2.11. The molecule has 2 aromatic rings. The molecule has 1 aliphatic rings. The Morgan fingerprint density at radius 2 is 2.33 bits per heavy atom. The molecule has 1 atom stereocenters. The number of benzene rings is 1. The predicted octanol–water partition coefficient (Wildman–Crippen LogP) is 2.58. The molecule has 0 spiro atoms. The smallest absolute Gasteiger partial charge is 0.0662 e. The van der Waals surface area contributed by atoms with Gasteiger partial charge in [-0.25, -0.2) is 0 Å². The van der Waals surface area contributed by atoms with Crippen molar-refractivity contribution < 1.29 is 0 Å². The van der Waals surface area contributed by atoms with Gasteiger partial charge in [-0.1, -0.05) is 29.8 Å². The van der Waals surface area contributed by atoms with Crippen LogP contribution in [0.2, 0.25) is 0 Å². The van der Waals surface area contributed by atoms with E-state index in [2.05, 4.69) is 41.0 Å². The van der Waals surface area contributed by atoms with Gasteiger partial charge in [0.2, 0.25) is 0 Å². The molecule has 3 heteroatoms. The lowest BCUT2D eigenvalue weighted by Crippen LogP contribution is -2.18. The van der Waals surface area contributed by atoms with Crippen LogP contribution in [-0.4, -0.2) is 9.78 Å². The Hall–Kier alpha value is -1.61. The van der Waals surface area contributed by atoms with Gasteiger partial charge in [-0.2, -0.15) is 5.10 Å². The first-order valence-corrected chi connectivity index (χ1v) is 6.60. The standard InChI is InChI=1S/C15H19N3/c1-11-4-2-5-12(8-11)10-18-15-7-3-6-14(16)13(15)9-17-18/h2,4-5,8-9,14H,3,6-7,10,16H2,1H3. The molecule has 0 saturated carbocycles. The number of rotatable bonds is 2. The zero-order chi connectivity index (χ0) is 12.5. The van der Waals surface area contributed by atoms with Crippen LogP contribution in [0.5, 0.6) is 0 Å². The van der Waals surface area contributed by atoms with Crippen LogP contribution >= 0.6 is 0 Å². The van der Waals surface area contributed by atoms with Crippen molar-refractivity contribution >= 4 is 0 Å². The number of nitrogens with zero attached hydrogens (tertiary/aromatic N) is 2. The Labute approximate surface area is 108 Å². The van der Waals surface area contributed by atoms with E-state index >= 15 is 0 Å². The lowest BCUT2D eigenvalue weighted by Gasteiger charge is -2.19. The molecule has 0 fully saturated rings. The monoisotopic (exact) mass is 241 g/mol. The van der Waals surface area contributed by atoms with Crippen molar-refractivity contribution in [2.24, 2.45) is 5.73 Å². The summed E-state index contributed by atoms with van der Waals surface area (Å²) in [5.41, 5.74) is 11.3. The van der Waals surface area contributed by atoms with Gasteiger partial charge in [0, 0.05) is 17.3 Å². The van der Waals surface area contributed by atoms with Crippen molar-refractivity contribution in [3.05, 3.63) is 52.8 Å². The van der Waals surface area contributed by atoms with Crippen LogP contribution in [0, 0.1) is 6.92 Å². The molecule has 0 radical (unpaired) electrons. The minimum atomic E-state index is 0.181. The molecule has 0 saturated heterocycles. The van der Waals surface area contributed by atoms with E-state index in [9.17, 15) is 0 Å². The van der Waals surface area contributed by atoms with Crippen LogP contribution in [0.4, 0.5) is 0 Å². The first-order chi connectivity index (χ1) is 8.74. The SMILES string of the molecule is Cc1cccc(Cn2ncc3c2CCCC3N)c1. The Kier molecular flexibility index (Phi) is 2.92. The maximum Gasteiger partial charge on any atom is 0.0662 e. The molecule has 18 heavy (non-hydrogen) atoms. The third-order valence-electron chi connectivity index (χ3n) is 3.72. The molecule has 1 unspecified atom stereocenters. The van der Waals surface area contributed by atoms with E-state index in [0.29, 0.717) is 0 Å². The van der Waals surface area contributed by atoms with E-state index in [1.165, 1.54) is 28.8 Å². The number of aryl methyl sites for hydroxylation is 1. The quantitative estimate of drug-likeness (QED) is 0.878. The summed E-state index contributed by atoms with van der Waals surface area (Å²) in [4.78, 5) is 0. The summed E-state index contributed by atoms with van der Waals surface area (Å²) in [5.74, 6) is 0. The molecule has 1 aromatic heterocycles. The zero-order valence-electron chi connectivity index (χ0n) is 10.8. The zero-order valence-corrected chi connectivity index (χ0v) is 10.8. The normalized spacial score (nSPS) is 18.7. The van der Waals surface area contributed by atoms with Crippen LogP contribution in [0.3, 0.4) is 0 Å². The predicted molar refractivity (Wildman–Crippen MR) is 72.4 cm³/mol. The second kappa shape index (κ2) is 4.58. The van der Waals surface area contributed by atoms with Gasteiger partial charge in [0.25, 0.3) is 0 Å². The molecular weight excluding hydrogens is 222 g/mol. The molecule has 1 heterocycles. The molecule has 3 nitrogen and oxygen atoms in total. The highest BCUT2D eigenvalue weighted by Gasteiger charge is 2.21. The highest BCUT2D eigenvalue weighted by Crippen LogP contribution is 2.27. The van der Waals surface area contributed by atoms with Gasteiger partial charge >= 0.3 is 0 Å². The molecule has 3 rings (SSSR count). The molecule has 0 aliphatic heterocycles. The fourth-order valence-electron chi connectivity index (χ4n) is 2.77. The van der Waals surface area contributed by atoms with Crippen molar-refractivity contribution in [2.45, 2.75) is 38.8 Å². The number of nitrogens with two attached hydrogens (primary N) is 1. The first kappa shape index (κ1) is 11.5. The Balaban J connectivity index is 1.90. The van der Waals surface area contributed by atoms with Crippen LogP contribution in [0.1, 0.15) is 41.3 Å². The molecule has 1 aliphatic carbocycles. The van der Waals surface area contributed by atoms with E-state index in [4.69, 9.17) is 5.73 Å². The van der Waals surface area contributed by atoms with Gasteiger partial charge < -0.3 is 5.73 Å². The number of fused-ring (bicyclic) bond motifs is 1. The van der Waals surface area contributed by atoms with Gasteiger partial charge in [0.05, 0.1) is 12.7 Å². The third kappa shape index (κ3) is 2.06. The summed E-state index contributed by atoms with van der Waals surface area (Å²) in [5, 5.41) is 4.51. The first-order valence-electron chi connectivity index (χ1n) is 6.60. The van der Waals surface area contributed by atoms with Crippen molar-refractivity contribution in [3.63, 3.8) is 0 Å². The van der Waals surface area contributed by atoms with Crippen molar-refractivity contribution in [2.75, 3.05) is 0 Å². The van der Waals surface area contributed by atoms with Gasteiger partial charge in [-0.15, -0.1) is 0 Å². The van der Waals surface area contributed by atoms with E-state index < -0.39 is 0 Å². The summed E-state index contributed by atoms with van der Waals surface area (Å²) in [6.07, 6.45) is 5.32. The highest BCUT2D eigenvalue weighted by molar-refractivity contribution is 5.27. The summed E-state index contributed by atoms with van der Waals surface area (Å²) >= 11 is 0. The van der Waals surface area contributed by atoms with Gasteiger partial charge in [0.1, 0.15) is 0 Å². The molecule has 0 bridgehead atoms. The topological polar surface area (TPSA) is 43.8 Å². The lowest BCUT2D eigenvalue weighted by atomic mass is 9.94. The van der Waals surface area contributed by atoms with Crippen LogP contribution < -0.4 is 5.73 Å². The second-order valence-electron chi connectivity index (χ2n) is 5.19. The minimum absolute atomic E-state index is 0.181. The van der Waals surface area contributed by atoms with Gasteiger partial charge in [-0.05, 0) is 31.7 Å². The second-order valence-corrected chi connectivity index (χ2v) is 5.19. The third-order valence-corrected chi connectivity index (χ3v) is 3.72. The van der Waals surface area contributed by atoms with Crippen LogP contribution in [0.25, 0.3) is 0 Å². The summed E-state index contributed by atoms with van der Waals surface area (Å²) in [7, 11) is 0. The number of aromatic nitrogens is 2. The summed E-state index contributed by atoms with van der Waals surface area (Å²) in [6, 6.07) is 8.78. The molecule has 2 N–H and O–H groups in total. The van der Waals surface area contributed by atoms with Gasteiger partial charge in [-0.3, -0.25) is 4.68 Å². The number of hydrogen-bond acceptors (Lipinski definition) is 2. The Bertz CT molecular complexity index is 557. The van der Waals surface area contributed by atoms with Crippen molar-refractivity contribution in [3.8, 4) is 0 Å². The lowest BCUT2D eigenvalue weighted by molar-refractivity contribution is 0.537. The summed E-state index contributed by atoms with van der Waals surface area (Å²) in [6.45, 7) is 2.97. The van der Waals surface area contributed by atoms with E-state index in [1.807, 2.05) is 6.20 Å². The maximum absolute atomic E-state index is 6.12. The average molecular weight is 241 g/mol.